The van der Waals surface area contributed by atoms with Crippen LogP contribution in [0.1, 0.15) is 24.0 Å². The molecule has 0 spiro atoms. The van der Waals surface area contributed by atoms with Crippen molar-refractivity contribution in [2.24, 2.45) is 5.73 Å². The number of aryl methyl sites for hydroxylation is 1. The Morgan fingerprint density at radius 1 is 1.39 bits per heavy atom. The predicted molar refractivity (Wildman–Crippen MR) is 75.6 cm³/mol. The van der Waals surface area contributed by atoms with Crippen LogP contribution in [0, 0.1) is 6.92 Å². The molecule has 0 aromatic heterocycles. The first-order chi connectivity index (χ1) is 8.70. The van der Waals surface area contributed by atoms with Gasteiger partial charge in [0, 0.05) is 24.5 Å². The van der Waals surface area contributed by atoms with E-state index in [1.165, 1.54) is 11.1 Å². The molecule has 18 heavy (non-hydrogen) atoms. The zero-order valence-electron chi connectivity index (χ0n) is 10.8. The first-order valence-corrected chi connectivity index (χ1v) is 7.39. The maximum Gasteiger partial charge on any atom is 0.232 e. The summed E-state index contributed by atoms with van der Waals surface area (Å²) in [4.78, 5) is 15.0. The molecule has 1 amide bonds. The Morgan fingerprint density at radius 2 is 2.11 bits per heavy atom. The lowest BCUT2D eigenvalue weighted by atomic mass is 10.1. The summed E-state index contributed by atoms with van der Waals surface area (Å²) in [5.41, 5.74) is 8.01. The van der Waals surface area contributed by atoms with E-state index in [0.29, 0.717) is 12.3 Å². The van der Waals surface area contributed by atoms with E-state index in [1.54, 1.807) is 11.8 Å². The second-order valence-corrected chi connectivity index (χ2v) is 5.72. The minimum Gasteiger partial charge on any atom is -0.342 e. The normalized spacial score (nSPS) is 15.1. The highest BCUT2D eigenvalue weighted by Gasteiger charge is 2.17. The molecule has 1 aromatic rings. The molecule has 1 fully saturated rings. The molecule has 1 saturated heterocycles. The van der Waals surface area contributed by atoms with E-state index in [9.17, 15) is 4.79 Å². The molecule has 1 aromatic carbocycles. The summed E-state index contributed by atoms with van der Waals surface area (Å²) in [5.74, 6) is 0.805. The predicted octanol–water partition coefficient (Wildman–Crippen LogP) is 2.17. The SMILES string of the molecule is Cc1cc(SCC(=O)N2CCCC2)ccc1CN. The molecule has 2 rings (SSSR count). The van der Waals surface area contributed by atoms with Crippen molar-refractivity contribution in [1.82, 2.24) is 4.90 Å². The lowest BCUT2D eigenvalue weighted by Gasteiger charge is -2.14. The van der Waals surface area contributed by atoms with Gasteiger partial charge in [-0.15, -0.1) is 11.8 Å². The average molecular weight is 264 g/mol. The van der Waals surface area contributed by atoms with E-state index in [1.807, 2.05) is 4.90 Å². The van der Waals surface area contributed by atoms with Crippen molar-refractivity contribution < 1.29 is 4.79 Å². The third kappa shape index (κ3) is 3.27. The third-order valence-electron chi connectivity index (χ3n) is 3.36. The molecule has 0 bridgehead atoms. The Hall–Kier alpha value is -1.00. The fourth-order valence-corrected chi connectivity index (χ4v) is 3.09. The molecular formula is C14H20N2OS. The van der Waals surface area contributed by atoms with Gasteiger partial charge >= 0.3 is 0 Å². The standard InChI is InChI=1S/C14H20N2OS/c1-11-8-13(5-4-12(11)9-15)18-10-14(17)16-6-2-3-7-16/h4-5,8H,2-3,6-7,9-10,15H2,1H3. The van der Waals surface area contributed by atoms with E-state index in [-0.39, 0.29) is 5.91 Å². The summed E-state index contributed by atoms with van der Waals surface area (Å²) in [6.07, 6.45) is 2.31. The number of likely N-dealkylation sites (tertiary alicyclic amines) is 1. The molecule has 1 heterocycles. The molecular weight excluding hydrogens is 244 g/mol. The number of rotatable bonds is 4. The van der Waals surface area contributed by atoms with Gasteiger partial charge < -0.3 is 10.6 Å². The van der Waals surface area contributed by atoms with Crippen molar-refractivity contribution in [2.75, 3.05) is 18.8 Å². The van der Waals surface area contributed by atoms with Crippen molar-refractivity contribution in [1.29, 1.82) is 0 Å². The summed E-state index contributed by atoms with van der Waals surface area (Å²) >= 11 is 1.62. The monoisotopic (exact) mass is 264 g/mol. The molecule has 1 aliphatic rings. The average Bonchev–Trinajstić information content (AvgIpc) is 2.90. The van der Waals surface area contributed by atoms with Crippen LogP contribution in [0.5, 0.6) is 0 Å². The Labute approximate surface area is 113 Å². The zero-order valence-corrected chi connectivity index (χ0v) is 11.6. The lowest BCUT2D eigenvalue weighted by molar-refractivity contribution is -0.127. The maximum atomic E-state index is 11.9. The van der Waals surface area contributed by atoms with Crippen molar-refractivity contribution in [2.45, 2.75) is 31.2 Å². The Morgan fingerprint density at radius 3 is 2.72 bits per heavy atom. The first-order valence-electron chi connectivity index (χ1n) is 6.41. The van der Waals surface area contributed by atoms with Crippen molar-refractivity contribution in [3.05, 3.63) is 29.3 Å². The van der Waals surface area contributed by atoms with Crippen LogP contribution in [-0.2, 0) is 11.3 Å². The van der Waals surface area contributed by atoms with Gasteiger partial charge in [-0.05, 0) is 43.0 Å². The molecule has 4 heteroatoms. The molecule has 1 aliphatic heterocycles. The Balaban J connectivity index is 1.89. The number of hydrogen-bond acceptors (Lipinski definition) is 3. The number of thioether (sulfide) groups is 1. The lowest BCUT2D eigenvalue weighted by Crippen LogP contribution is -2.29. The number of nitrogens with zero attached hydrogens (tertiary/aromatic N) is 1. The molecule has 3 nitrogen and oxygen atoms in total. The number of amides is 1. The quantitative estimate of drug-likeness (QED) is 0.848. The van der Waals surface area contributed by atoms with Gasteiger partial charge in [0.05, 0.1) is 5.75 Å². The van der Waals surface area contributed by atoms with E-state index in [4.69, 9.17) is 5.73 Å². The second kappa shape index (κ2) is 6.25. The van der Waals surface area contributed by atoms with Gasteiger partial charge in [0.1, 0.15) is 0 Å². The number of nitrogens with two attached hydrogens (primary N) is 1. The molecule has 0 saturated carbocycles. The summed E-state index contributed by atoms with van der Waals surface area (Å²) in [5, 5.41) is 0. The summed E-state index contributed by atoms with van der Waals surface area (Å²) in [6, 6.07) is 6.22. The number of carbonyl (C=O) groups excluding carboxylic acids is 1. The highest BCUT2D eigenvalue weighted by Crippen LogP contribution is 2.22. The Bertz CT molecular complexity index is 428. The topological polar surface area (TPSA) is 46.3 Å². The highest BCUT2D eigenvalue weighted by atomic mass is 32.2. The molecule has 0 aliphatic carbocycles. The van der Waals surface area contributed by atoms with Gasteiger partial charge in [0.2, 0.25) is 5.91 Å². The van der Waals surface area contributed by atoms with Gasteiger partial charge in [-0.25, -0.2) is 0 Å². The highest BCUT2D eigenvalue weighted by molar-refractivity contribution is 8.00. The number of hydrogen-bond donors (Lipinski definition) is 1. The van der Waals surface area contributed by atoms with Crippen molar-refractivity contribution >= 4 is 17.7 Å². The number of carbonyl (C=O) groups is 1. The summed E-state index contributed by atoms with van der Waals surface area (Å²) < 4.78 is 0. The van der Waals surface area contributed by atoms with Crippen LogP contribution in [0.25, 0.3) is 0 Å². The zero-order chi connectivity index (χ0) is 13.0. The molecule has 0 radical (unpaired) electrons. The van der Waals surface area contributed by atoms with Crippen LogP contribution >= 0.6 is 11.8 Å². The van der Waals surface area contributed by atoms with Crippen LogP contribution in [-0.4, -0.2) is 29.6 Å². The van der Waals surface area contributed by atoms with Gasteiger partial charge in [-0.3, -0.25) is 4.79 Å². The second-order valence-electron chi connectivity index (χ2n) is 4.67. The number of benzene rings is 1. The maximum absolute atomic E-state index is 11.9. The summed E-state index contributed by atoms with van der Waals surface area (Å²) in [6.45, 7) is 4.51. The molecule has 0 atom stereocenters. The van der Waals surface area contributed by atoms with E-state index < -0.39 is 0 Å². The molecule has 0 unspecified atom stereocenters. The van der Waals surface area contributed by atoms with Crippen LogP contribution < -0.4 is 5.73 Å². The van der Waals surface area contributed by atoms with Gasteiger partial charge in [0.25, 0.3) is 0 Å². The van der Waals surface area contributed by atoms with Crippen LogP contribution in [0.2, 0.25) is 0 Å². The smallest absolute Gasteiger partial charge is 0.232 e. The molecule has 98 valence electrons. The van der Waals surface area contributed by atoms with Gasteiger partial charge in [-0.1, -0.05) is 6.07 Å². The Kier molecular flexibility index (Phi) is 4.66. The van der Waals surface area contributed by atoms with Crippen LogP contribution in [0.15, 0.2) is 23.1 Å². The fraction of sp³-hybridized carbons (Fsp3) is 0.500. The van der Waals surface area contributed by atoms with Crippen LogP contribution in [0.3, 0.4) is 0 Å². The van der Waals surface area contributed by atoms with E-state index >= 15 is 0 Å². The van der Waals surface area contributed by atoms with E-state index in [2.05, 4.69) is 25.1 Å². The van der Waals surface area contributed by atoms with Gasteiger partial charge in [0.15, 0.2) is 0 Å². The third-order valence-corrected chi connectivity index (χ3v) is 4.33. The van der Waals surface area contributed by atoms with Gasteiger partial charge in [-0.2, -0.15) is 0 Å². The largest absolute Gasteiger partial charge is 0.342 e. The molecule has 2 N–H and O–H groups in total. The minimum absolute atomic E-state index is 0.262. The minimum atomic E-state index is 0.262. The van der Waals surface area contributed by atoms with Crippen molar-refractivity contribution in [3.8, 4) is 0 Å². The van der Waals surface area contributed by atoms with E-state index in [0.717, 1.165) is 30.8 Å². The van der Waals surface area contributed by atoms with Crippen molar-refractivity contribution in [3.63, 3.8) is 0 Å². The first kappa shape index (κ1) is 13.4. The fourth-order valence-electron chi connectivity index (χ4n) is 2.19. The van der Waals surface area contributed by atoms with Crippen LogP contribution in [0.4, 0.5) is 0 Å². The summed E-state index contributed by atoms with van der Waals surface area (Å²) in [7, 11) is 0.